The van der Waals surface area contributed by atoms with Crippen molar-refractivity contribution in [1.82, 2.24) is 9.97 Å². The highest BCUT2D eigenvalue weighted by molar-refractivity contribution is 5.63. The van der Waals surface area contributed by atoms with Crippen LogP contribution in [0.5, 0.6) is 5.75 Å². The fourth-order valence-electron chi connectivity index (χ4n) is 1.83. The molecule has 0 bridgehead atoms. The summed E-state index contributed by atoms with van der Waals surface area (Å²) in [6.45, 7) is 2.79. The van der Waals surface area contributed by atoms with Crippen molar-refractivity contribution < 1.29 is 4.74 Å². The number of benzene rings is 1. The van der Waals surface area contributed by atoms with Crippen LogP contribution in [0, 0.1) is 0 Å². The molecule has 0 radical (unpaired) electrons. The van der Waals surface area contributed by atoms with E-state index in [0.29, 0.717) is 0 Å². The van der Waals surface area contributed by atoms with Gasteiger partial charge in [-0.1, -0.05) is 0 Å². The van der Waals surface area contributed by atoms with E-state index in [1.54, 1.807) is 7.11 Å². The Bertz CT molecular complexity index is 570. The number of hydrogen-bond donors (Lipinski definition) is 2. The topological polar surface area (TPSA) is 76.3 Å². The molecule has 0 aliphatic heterocycles. The third kappa shape index (κ3) is 3.09. The zero-order valence-corrected chi connectivity index (χ0v) is 11.9. The summed E-state index contributed by atoms with van der Waals surface area (Å²) in [6.07, 6.45) is 0. The van der Waals surface area contributed by atoms with Crippen molar-refractivity contribution in [2.45, 2.75) is 6.92 Å². The van der Waals surface area contributed by atoms with Crippen molar-refractivity contribution in [3.05, 3.63) is 30.3 Å². The normalized spacial score (nSPS) is 10.2. The van der Waals surface area contributed by atoms with Crippen molar-refractivity contribution in [3.8, 4) is 5.75 Å². The van der Waals surface area contributed by atoms with Crippen molar-refractivity contribution in [1.29, 1.82) is 0 Å². The minimum Gasteiger partial charge on any atom is -0.497 e. The molecule has 1 heterocycles. The van der Waals surface area contributed by atoms with E-state index in [9.17, 15) is 0 Å². The molecule has 0 fully saturated rings. The molecule has 0 aliphatic rings. The van der Waals surface area contributed by atoms with Gasteiger partial charge in [-0.15, -0.1) is 0 Å². The molecule has 0 saturated carbocycles. The molecule has 0 aliphatic carbocycles. The number of nitrogens with one attached hydrogen (secondary N) is 1. The molecule has 106 valence electrons. The average molecular weight is 273 g/mol. The maximum Gasteiger partial charge on any atom is 0.223 e. The van der Waals surface area contributed by atoms with E-state index < -0.39 is 0 Å². The van der Waals surface area contributed by atoms with Crippen molar-refractivity contribution in [3.63, 3.8) is 0 Å². The van der Waals surface area contributed by atoms with Crippen molar-refractivity contribution >= 4 is 23.3 Å². The molecule has 0 unspecified atom stereocenters. The lowest BCUT2D eigenvalue weighted by Crippen LogP contribution is -2.14. The van der Waals surface area contributed by atoms with Crippen LogP contribution in [0.2, 0.25) is 0 Å². The predicted octanol–water partition coefficient (Wildman–Crippen LogP) is 2.27. The molecule has 6 heteroatoms. The lowest BCUT2D eigenvalue weighted by Gasteiger charge is -2.19. The Kier molecular flexibility index (Phi) is 4.24. The molecule has 0 saturated heterocycles. The summed E-state index contributed by atoms with van der Waals surface area (Å²) >= 11 is 0. The van der Waals surface area contributed by atoms with Gasteiger partial charge in [-0.2, -0.15) is 9.97 Å². The van der Waals surface area contributed by atoms with E-state index in [0.717, 1.165) is 29.6 Å². The maximum atomic E-state index is 5.74. The average Bonchev–Trinajstić information content (AvgIpc) is 2.46. The van der Waals surface area contributed by atoms with Crippen molar-refractivity contribution in [2.24, 2.45) is 0 Å². The summed E-state index contributed by atoms with van der Waals surface area (Å²) in [6, 6.07) is 9.60. The third-order valence-electron chi connectivity index (χ3n) is 2.89. The summed E-state index contributed by atoms with van der Waals surface area (Å²) in [7, 11) is 3.58. The van der Waals surface area contributed by atoms with E-state index >= 15 is 0 Å². The van der Waals surface area contributed by atoms with E-state index in [-0.39, 0.29) is 5.95 Å². The van der Waals surface area contributed by atoms with E-state index in [4.69, 9.17) is 10.5 Å². The summed E-state index contributed by atoms with van der Waals surface area (Å²) in [4.78, 5) is 10.3. The minimum atomic E-state index is 0.249. The lowest BCUT2D eigenvalue weighted by molar-refractivity contribution is 0.415. The zero-order chi connectivity index (χ0) is 14.5. The Labute approximate surface area is 118 Å². The summed E-state index contributed by atoms with van der Waals surface area (Å²) < 4.78 is 5.15. The largest absolute Gasteiger partial charge is 0.497 e. The Balaban J connectivity index is 2.29. The van der Waals surface area contributed by atoms with Gasteiger partial charge in [0.2, 0.25) is 5.95 Å². The third-order valence-corrected chi connectivity index (χ3v) is 2.89. The fraction of sp³-hybridized carbons (Fsp3) is 0.286. The summed E-state index contributed by atoms with van der Waals surface area (Å²) in [5, 5.41) is 3.14. The standard InChI is InChI=1S/C14H19N5O/c1-4-16-12-9-13(18-14(15)17-12)19(2)10-5-7-11(20-3)8-6-10/h5-9H,4H2,1-3H3,(H3,15,16,17,18). The van der Waals surface area contributed by atoms with Gasteiger partial charge in [-0.3, -0.25) is 0 Å². The number of rotatable bonds is 5. The Hall–Kier alpha value is -2.50. The molecule has 0 amide bonds. The molecule has 1 aromatic heterocycles. The first kappa shape index (κ1) is 13.9. The Morgan fingerprint density at radius 3 is 2.55 bits per heavy atom. The summed E-state index contributed by atoms with van der Waals surface area (Å²) in [5.74, 6) is 2.52. The molecular weight excluding hydrogens is 254 g/mol. The Morgan fingerprint density at radius 2 is 1.95 bits per heavy atom. The molecule has 3 N–H and O–H groups in total. The quantitative estimate of drug-likeness (QED) is 0.870. The van der Waals surface area contributed by atoms with Gasteiger partial charge in [0.15, 0.2) is 0 Å². The first-order valence-electron chi connectivity index (χ1n) is 6.40. The van der Waals surface area contributed by atoms with Crippen LogP contribution in [0.15, 0.2) is 30.3 Å². The molecule has 1 aromatic carbocycles. The minimum absolute atomic E-state index is 0.249. The van der Waals surface area contributed by atoms with Gasteiger partial charge in [-0.05, 0) is 31.2 Å². The van der Waals surface area contributed by atoms with E-state index in [1.165, 1.54) is 0 Å². The second kappa shape index (κ2) is 6.10. The van der Waals surface area contributed by atoms with Crippen LogP contribution < -0.4 is 20.7 Å². The number of ether oxygens (including phenoxy) is 1. The number of hydrogen-bond acceptors (Lipinski definition) is 6. The molecule has 0 atom stereocenters. The van der Waals surface area contributed by atoms with Gasteiger partial charge in [0, 0.05) is 25.3 Å². The van der Waals surface area contributed by atoms with Gasteiger partial charge >= 0.3 is 0 Å². The van der Waals surface area contributed by atoms with Gasteiger partial charge < -0.3 is 20.7 Å². The van der Waals surface area contributed by atoms with Gasteiger partial charge in [0.1, 0.15) is 17.4 Å². The van der Waals surface area contributed by atoms with Crippen LogP contribution in [0.25, 0.3) is 0 Å². The van der Waals surface area contributed by atoms with Crippen LogP contribution in [-0.2, 0) is 0 Å². The Morgan fingerprint density at radius 1 is 1.25 bits per heavy atom. The SMILES string of the molecule is CCNc1cc(N(C)c2ccc(OC)cc2)nc(N)n1. The molecule has 2 aromatic rings. The van der Waals surface area contributed by atoms with Crippen LogP contribution in [0.3, 0.4) is 0 Å². The van der Waals surface area contributed by atoms with Gasteiger partial charge in [0.25, 0.3) is 0 Å². The zero-order valence-electron chi connectivity index (χ0n) is 11.9. The van der Waals surface area contributed by atoms with E-state index in [2.05, 4.69) is 15.3 Å². The smallest absolute Gasteiger partial charge is 0.223 e. The molecule has 0 spiro atoms. The second-order valence-corrected chi connectivity index (χ2v) is 4.26. The fourth-order valence-corrected chi connectivity index (χ4v) is 1.83. The monoisotopic (exact) mass is 273 g/mol. The number of nitrogen functional groups attached to an aromatic ring is 1. The number of anilines is 4. The highest BCUT2D eigenvalue weighted by Crippen LogP contribution is 2.25. The van der Waals surface area contributed by atoms with Crippen molar-refractivity contribution in [2.75, 3.05) is 36.7 Å². The molecule has 20 heavy (non-hydrogen) atoms. The number of aromatic nitrogens is 2. The molecule has 6 nitrogen and oxygen atoms in total. The summed E-state index contributed by atoms with van der Waals surface area (Å²) in [5.41, 5.74) is 6.73. The second-order valence-electron chi connectivity index (χ2n) is 4.26. The number of methoxy groups -OCH3 is 1. The lowest BCUT2D eigenvalue weighted by atomic mass is 10.3. The van der Waals surface area contributed by atoms with Gasteiger partial charge in [-0.25, -0.2) is 0 Å². The highest BCUT2D eigenvalue weighted by atomic mass is 16.5. The van der Waals surface area contributed by atoms with E-state index in [1.807, 2.05) is 49.2 Å². The number of nitrogens with two attached hydrogens (primary N) is 1. The van der Waals surface area contributed by atoms with Crippen LogP contribution in [0.1, 0.15) is 6.92 Å². The molecule has 2 rings (SSSR count). The number of nitrogens with zero attached hydrogens (tertiary/aromatic N) is 3. The first-order valence-corrected chi connectivity index (χ1v) is 6.40. The maximum absolute atomic E-state index is 5.74. The van der Waals surface area contributed by atoms with Crippen LogP contribution in [0.4, 0.5) is 23.3 Å². The predicted molar refractivity (Wildman–Crippen MR) is 81.7 cm³/mol. The van der Waals surface area contributed by atoms with Gasteiger partial charge in [0.05, 0.1) is 7.11 Å². The molecular formula is C14H19N5O. The highest BCUT2D eigenvalue weighted by Gasteiger charge is 2.09. The van der Waals surface area contributed by atoms with Crippen LogP contribution in [-0.4, -0.2) is 30.7 Å². The first-order chi connectivity index (χ1) is 9.63. The van der Waals surface area contributed by atoms with Crippen LogP contribution >= 0.6 is 0 Å².